The highest BCUT2D eigenvalue weighted by Crippen LogP contribution is 2.34. The van der Waals surface area contributed by atoms with Crippen LogP contribution < -0.4 is 9.64 Å². The summed E-state index contributed by atoms with van der Waals surface area (Å²) in [5, 5.41) is 14.2. The van der Waals surface area contributed by atoms with E-state index in [0.29, 0.717) is 29.0 Å². The van der Waals surface area contributed by atoms with E-state index in [2.05, 4.69) is 24.0 Å². The maximum Gasteiger partial charge on any atom is 0.189 e. The van der Waals surface area contributed by atoms with Crippen molar-refractivity contribution in [2.75, 3.05) is 18.6 Å². The van der Waals surface area contributed by atoms with Gasteiger partial charge in [0.25, 0.3) is 0 Å². The van der Waals surface area contributed by atoms with Crippen molar-refractivity contribution >= 4 is 21.5 Å². The number of benzene rings is 1. The number of para-hydroxylation sites is 1. The number of anilines is 1. The summed E-state index contributed by atoms with van der Waals surface area (Å²) in [6.45, 7) is 4.70. The number of rotatable bonds is 7. The Balaban J connectivity index is 2.20. The van der Waals surface area contributed by atoms with Crippen molar-refractivity contribution in [3.63, 3.8) is 0 Å². The van der Waals surface area contributed by atoms with Gasteiger partial charge in [0.15, 0.2) is 16.4 Å². The third-order valence-electron chi connectivity index (χ3n) is 3.01. The van der Waals surface area contributed by atoms with E-state index in [-0.39, 0.29) is 5.00 Å². The average molecular weight is 321 g/mol. The summed E-state index contributed by atoms with van der Waals surface area (Å²) in [6.07, 6.45) is 0.464. The fourth-order valence-electron chi connectivity index (χ4n) is 1.86. The predicted molar refractivity (Wildman–Crippen MR) is 87.7 cm³/mol. The molecule has 2 aromatic rings. The Morgan fingerprint density at radius 3 is 2.77 bits per heavy atom. The van der Waals surface area contributed by atoms with Crippen LogP contribution in [0.1, 0.15) is 25.6 Å². The van der Waals surface area contributed by atoms with Crippen LogP contribution in [-0.2, 0) is 0 Å². The Hall–Kier alpha value is -1.99. The van der Waals surface area contributed by atoms with Gasteiger partial charge in [-0.15, -0.1) is 4.91 Å². The van der Waals surface area contributed by atoms with Gasteiger partial charge in [0.05, 0.1) is 12.8 Å². The highest BCUT2D eigenvalue weighted by atomic mass is 32.1. The fraction of sp³-hybridized carbons (Fsp3) is 0.400. The molecule has 2 rings (SSSR count). The van der Waals surface area contributed by atoms with E-state index in [9.17, 15) is 10.0 Å². The van der Waals surface area contributed by atoms with Crippen LogP contribution in [0.4, 0.5) is 10.1 Å². The molecule has 1 heterocycles. The highest BCUT2D eigenvalue weighted by molar-refractivity contribution is 7.19. The molecule has 0 saturated heterocycles. The normalized spacial score (nSPS) is 12.2. The van der Waals surface area contributed by atoms with Gasteiger partial charge < -0.3 is 14.7 Å². The molecular formula is C15H19N3O3S. The molecule has 118 valence electrons. The van der Waals surface area contributed by atoms with Crippen LogP contribution in [-0.4, -0.2) is 23.7 Å². The van der Waals surface area contributed by atoms with E-state index in [1.807, 2.05) is 24.3 Å². The molecule has 1 N–H and O–H groups in total. The van der Waals surface area contributed by atoms with Gasteiger partial charge >= 0.3 is 0 Å². The third kappa shape index (κ3) is 3.80. The van der Waals surface area contributed by atoms with Gasteiger partial charge in [-0.3, -0.25) is 0 Å². The molecule has 0 radical (unpaired) electrons. The number of nitrogens with zero attached hydrogens (tertiary/aromatic N) is 3. The first-order valence-electron chi connectivity index (χ1n) is 6.94. The Morgan fingerprint density at radius 2 is 2.14 bits per heavy atom. The first-order chi connectivity index (χ1) is 10.5. The van der Waals surface area contributed by atoms with Crippen molar-refractivity contribution in [3.8, 4) is 5.75 Å². The second-order valence-electron chi connectivity index (χ2n) is 5.30. The Labute approximate surface area is 133 Å². The summed E-state index contributed by atoms with van der Waals surface area (Å²) < 4.78 is 5.76. The average Bonchev–Trinajstić information content (AvgIpc) is 3.00. The van der Waals surface area contributed by atoms with Crippen molar-refractivity contribution in [1.29, 1.82) is 0 Å². The molecule has 1 unspecified atom stereocenters. The standard InChI is InChI=1S/C15H19N3O3S/c1-10(2)9-21-12-7-5-4-6-11(12)14(19)18(3)15-16-8-13(17-20)22-15/h4-8,10,14,19H,9H2,1-3H3. The number of aliphatic hydroxyl groups is 1. The maximum atomic E-state index is 10.6. The number of hydrogen-bond donors (Lipinski definition) is 1. The number of aromatic nitrogens is 1. The second kappa shape index (κ2) is 7.33. The molecule has 0 amide bonds. The first-order valence-corrected chi connectivity index (χ1v) is 7.76. The molecular weight excluding hydrogens is 302 g/mol. The summed E-state index contributed by atoms with van der Waals surface area (Å²) in [4.78, 5) is 16.2. The predicted octanol–water partition coefficient (Wildman–Crippen LogP) is 3.70. The Kier molecular flexibility index (Phi) is 5.46. The van der Waals surface area contributed by atoms with E-state index in [4.69, 9.17) is 4.74 Å². The first kappa shape index (κ1) is 16.4. The van der Waals surface area contributed by atoms with E-state index < -0.39 is 6.23 Å². The lowest BCUT2D eigenvalue weighted by atomic mass is 10.1. The van der Waals surface area contributed by atoms with Gasteiger partial charge in [-0.05, 0) is 17.2 Å². The lowest BCUT2D eigenvalue weighted by Crippen LogP contribution is -2.24. The second-order valence-corrected chi connectivity index (χ2v) is 6.29. The van der Waals surface area contributed by atoms with Crippen LogP contribution in [0.3, 0.4) is 0 Å². The lowest BCUT2D eigenvalue weighted by molar-refractivity contribution is 0.169. The molecule has 1 atom stereocenters. The molecule has 7 heteroatoms. The fourth-order valence-corrected chi connectivity index (χ4v) is 2.54. The number of ether oxygens (including phenoxy) is 1. The minimum atomic E-state index is -0.922. The third-order valence-corrected chi connectivity index (χ3v) is 3.97. The minimum Gasteiger partial charge on any atom is -0.493 e. The molecule has 0 fully saturated rings. The van der Waals surface area contributed by atoms with Crippen molar-refractivity contribution < 1.29 is 9.84 Å². The minimum absolute atomic E-state index is 0.276. The van der Waals surface area contributed by atoms with Crippen molar-refractivity contribution in [2.24, 2.45) is 11.1 Å². The Bertz CT molecular complexity index is 630. The zero-order chi connectivity index (χ0) is 16.1. The monoisotopic (exact) mass is 321 g/mol. The number of aliphatic hydroxyl groups excluding tert-OH is 1. The van der Waals surface area contributed by atoms with Gasteiger partial charge in [-0.25, -0.2) is 4.98 Å². The maximum absolute atomic E-state index is 10.6. The van der Waals surface area contributed by atoms with Gasteiger partial charge in [-0.1, -0.05) is 43.4 Å². The summed E-state index contributed by atoms with van der Waals surface area (Å²) >= 11 is 1.12. The zero-order valence-electron chi connectivity index (χ0n) is 12.8. The molecule has 1 aromatic carbocycles. The molecule has 0 aliphatic heterocycles. The van der Waals surface area contributed by atoms with E-state index in [0.717, 1.165) is 11.3 Å². The van der Waals surface area contributed by atoms with Crippen LogP contribution in [0.25, 0.3) is 0 Å². The molecule has 6 nitrogen and oxygen atoms in total. The van der Waals surface area contributed by atoms with E-state index in [1.165, 1.54) is 6.20 Å². The van der Waals surface area contributed by atoms with Crippen LogP contribution in [0, 0.1) is 10.8 Å². The lowest BCUT2D eigenvalue weighted by Gasteiger charge is -2.25. The van der Waals surface area contributed by atoms with Gasteiger partial charge in [0, 0.05) is 12.6 Å². The summed E-state index contributed by atoms with van der Waals surface area (Å²) in [7, 11) is 1.71. The van der Waals surface area contributed by atoms with Gasteiger partial charge in [0.1, 0.15) is 5.75 Å². The molecule has 22 heavy (non-hydrogen) atoms. The Morgan fingerprint density at radius 1 is 1.41 bits per heavy atom. The van der Waals surface area contributed by atoms with E-state index in [1.54, 1.807) is 11.9 Å². The van der Waals surface area contributed by atoms with Crippen LogP contribution in [0.2, 0.25) is 0 Å². The largest absolute Gasteiger partial charge is 0.493 e. The van der Waals surface area contributed by atoms with Crippen molar-refractivity contribution in [2.45, 2.75) is 20.1 Å². The summed E-state index contributed by atoms with van der Waals surface area (Å²) in [5.74, 6) is 1.03. The topological polar surface area (TPSA) is 75.0 Å². The smallest absolute Gasteiger partial charge is 0.189 e. The molecule has 0 aliphatic rings. The highest BCUT2D eigenvalue weighted by Gasteiger charge is 2.21. The molecule has 0 bridgehead atoms. The number of thiazole rings is 1. The van der Waals surface area contributed by atoms with Crippen LogP contribution in [0.15, 0.2) is 35.6 Å². The summed E-state index contributed by atoms with van der Waals surface area (Å²) in [5.41, 5.74) is 0.654. The zero-order valence-corrected chi connectivity index (χ0v) is 13.6. The quantitative estimate of drug-likeness (QED) is 0.621. The SMILES string of the molecule is CC(C)COc1ccccc1C(O)N(C)c1ncc(N=O)s1. The molecule has 0 spiro atoms. The van der Waals surface area contributed by atoms with Gasteiger partial charge in [-0.2, -0.15) is 0 Å². The van der Waals surface area contributed by atoms with Gasteiger partial charge in [0.2, 0.25) is 0 Å². The van der Waals surface area contributed by atoms with E-state index >= 15 is 0 Å². The van der Waals surface area contributed by atoms with Crippen molar-refractivity contribution in [3.05, 3.63) is 40.9 Å². The molecule has 1 aromatic heterocycles. The number of nitroso groups, excluding NO2 is 1. The van der Waals surface area contributed by atoms with Crippen LogP contribution >= 0.6 is 11.3 Å². The molecule has 0 aliphatic carbocycles. The summed E-state index contributed by atoms with van der Waals surface area (Å²) in [6, 6.07) is 7.34. The van der Waals surface area contributed by atoms with Crippen LogP contribution in [0.5, 0.6) is 5.75 Å². The molecule has 0 saturated carbocycles. The number of hydrogen-bond acceptors (Lipinski definition) is 7. The van der Waals surface area contributed by atoms with Crippen molar-refractivity contribution in [1.82, 2.24) is 4.98 Å².